The van der Waals surface area contributed by atoms with Crippen molar-refractivity contribution in [2.75, 3.05) is 4.90 Å². The van der Waals surface area contributed by atoms with Gasteiger partial charge < -0.3 is 9.90 Å². The summed E-state index contributed by atoms with van der Waals surface area (Å²) < 4.78 is 52.6. The van der Waals surface area contributed by atoms with Gasteiger partial charge in [0, 0.05) is 12.1 Å². The molecular weight excluding hydrogens is 346 g/mol. The summed E-state index contributed by atoms with van der Waals surface area (Å²) in [6.07, 6.45) is -5.23. The summed E-state index contributed by atoms with van der Waals surface area (Å²) in [5.74, 6) is -4.67. The van der Waals surface area contributed by atoms with E-state index in [0.29, 0.717) is 6.29 Å². The predicted molar refractivity (Wildman–Crippen MR) is 80.8 cm³/mol. The second kappa shape index (κ2) is 8.09. The van der Waals surface area contributed by atoms with E-state index in [1.807, 2.05) is 0 Å². The molecule has 5 nitrogen and oxygen atoms in total. The van der Waals surface area contributed by atoms with Crippen LogP contribution < -0.4 is 4.90 Å². The molecule has 0 aromatic heterocycles. The number of anilines is 1. The van der Waals surface area contributed by atoms with Crippen molar-refractivity contribution in [3.8, 4) is 0 Å². The number of nitrogens with zero attached hydrogens (tertiary/aromatic N) is 1. The van der Waals surface area contributed by atoms with Crippen molar-refractivity contribution in [2.24, 2.45) is 0 Å². The van der Waals surface area contributed by atoms with E-state index in [2.05, 4.69) is 0 Å². The molecule has 0 aliphatic heterocycles. The second-order valence-electron chi connectivity index (χ2n) is 5.52. The van der Waals surface area contributed by atoms with Crippen LogP contribution in [0.2, 0.25) is 0 Å². The number of carbonyl (C=O) groups excluding carboxylic acids is 2. The Morgan fingerprint density at radius 3 is 2.16 bits per heavy atom. The zero-order chi connectivity index (χ0) is 19.4. The number of carboxylic acids is 1. The molecular formula is C16H17F4NO4. The molecule has 25 heavy (non-hydrogen) atoms. The number of rotatable bonds is 7. The van der Waals surface area contributed by atoms with Gasteiger partial charge in [0.25, 0.3) is 0 Å². The monoisotopic (exact) mass is 363 g/mol. The number of aldehydes is 1. The van der Waals surface area contributed by atoms with Gasteiger partial charge in [-0.05, 0) is 49.9 Å². The van der Waals surface area contributed by atoms with Crippen LogP contribution in [0.15, 0.2) is 12.1 Å². The summed E-state index contributed by atoms with van der Waals surface area (Å²) in [7, 11) is 0. The van der Waals surface area contributed by atoms with Gasteiger partial charge in [-0.1, -0.05) is 0 Å². The second-order valence-corrected chi connectivity index (χ2v) is 5.52. The highest BCUT2D eigenvalue weighted by molar-refractivity contribution is 6.02. The first kappa shape index (κ1) is 20.6. The van der Waals surface area contributed by atoms with Crippen molar-refractivity contribution in [1.29, 1.82) is 0 Å². The first-order chi connectivity index (χ1) is 11.5. The highest BCUT2D eigenvalue weighted by atomic mass is 19.4. The summed E-state index contributed by atoms with van der Waals surface area (Å²) in [5, 5.41) is 9.29. The molecule has 0 saturated carbocycles. The molecule has 0 spiro atoms. The maximum absolute atomic E-state index is 13.7. The Kier molecular flexibility index (Phi) is 6.66. The highest BCUT2D eigenvalue weighted by Gasteiger charge is 2.47. The lowest BCUT2D eigenvalue weighted by atomic mass is 10.0. The predicted octanol–water partition coefficient (Wildman–Crippen LogP) is 3.16. The minimum Gasteiger partial charge on any atom is -0.480 e. The topological polar surface area (TPSA) is 74.7 Å². The van der Waals surface area contributed by atoms with E-state index in [1.165, 1.54) is 13.8 Å². The number of hydrogen-bond donors (Lipinski definition) is 1. The van der Waals surface area contributed by atoms with Gasteiger partial charge in [0.15, 0.2) is 0 Å². The van der Waals surface area contributed by atoms with Gasteiger partial charge in [-0.2, -0.15) is 13.2 Å². The van der Waals surface area contributed by atoms with Gasteiger partial charge in [0.1, 0.15) is 18.1 Å². The lowest BCUT2D eigenvalue weighted by molar-refractivity contribution is -0.171. The zero-order valence-electron chi connectivity index (χ0n) is 13.6. The smallest absolute Gasteiger partial charge is 0.471 e. The fraction of sp³-hybridized carbons (Fsp3) is 0.438. The van der Waals surface area contributed by atoms with Crippen LogP contribution >= 0.6 is 0 Å². The molecule has 1 aromatic rings. The Balaban J connectivity index is 3.44. The standard InChI is InChI=1S/C16H17F4NO4/c1-9-7-11(8-10(2)13(9)17)21(15(25)16(18,19)20)12(14(23)24)5-3-4-6-22/h6-8,12H,3-5H2,1-2H3,(H,23,24). The third-order valence-electron chi connectivity index (χ3n) is 3.56. The van der Waals surface area contributed by atoms with Crippen LogP contribution in [0.5, 0.6) is 0 Å². The Morgan fingerprint density at radius 2 is 1.76 bits per heavy atom. The molecule has 0 aliphatic carbocycles. The maximum atomic E-state index is 13.7. The number of hydrogen-bond acceptors (Lipinski definition) is 3. The van der Waals surface area contributed by atoms with E-state index < -0.39 is 29.9 Å². The Hall–Kier alpha value is -2.45. The van der Waals surface area contributed by atoms with Gasteiger partial charge in [0.2, 0.25) is 0 Å². The number of unbranched alkanes of at least 4 members (excludes halogenated alkanes) is 1. The van der Waals surface area contributed by atoms with E-state index in [1.54, 1.807) is 0 Å². The van der Waals surface area contributed by atoms with Crippen LogP contribution in [0.3, 0.4) is 0 Å². The number of carboxylic acid groups (broad SMARTS) is 1. The molecule has 1 rings (SSSR count). The molecule has 0 fully saturated rings. The van der Waals surface area contributed by atoms with E-state index in [4.69, 9.17) is 0 Å². The van der Waals surface area contributed by atoms with Crippen molar-refractivity contribution >= 4 is 23.9 Å². The van der Waals surface area contributed by atoms with Crippen molar-refractivity contribution in [1.82, 2.24) is 0 Å². The molecule has 138 valence electrons. The van der Waals surface area contributed by atoms with Crippen molar-refractivity contribution in [3.63, 3.8) is 0 Å². The zero-order valence-corrected chi connectivity index (χ0v) is 13.6. The maximum Gasteiger partial charge on any atom is 0.471 e. The summed E-state index contributed by atoms with van der Waals surface area (Å²) in [6.45, 7) is 2.59. The van der Waals surface area contributed by atoms with E-state index >= 15 is 0 Å². The first-order valence-corrected chi connectivity index (χ1v) is 7.34. The minimum atomic E-state index is -5.31. The molecule has 1 unspecified atom stereocenters. The van der Waals surface area contributed by atoms with Gasteiger partial charge in [-0.15, -0.1) is 0 Å². The molecule has 1 N–H and O–H groups in total. The average molecular weight is 363 g/mol. The van der Waals surface area contributed by atoms with Crippen molar-refractivity contribution < 1.29 is 37.1 Å². The van der Waals surface area contributed by atoms with Crippen LogP contribution in [0.1, 0.15) is 30.4 Å². The van der Waals surface area contributed by atoms with Crippen LogP contribution in [0.4, 0.5) is 23.2 Å². The first-order valence-electron chi connectivity index (χ1n) is 7.34. The fourth-order valence-corrected chi connectivity index (χ4v) is 2.39. The summed E-state index contributed by atoms with van der Waals surface area (Å²) >= 11 is 0. The number of halogens is 4. The number of benzene rings is 1. The third kappa shape index (κ3) is 5.01. The number of aryl methyl sites for hydroxylation is 2. The molecule has 9 heteroatoms. The van der Waals surface area contributed by atoms with E-state index in [-0.39, 0.29) is 41.0 Å². The molecule has 0 radical (unpaired) electrons. The number of carbonyl (C=O) groups is 3. The van der Waals surface area contributed by atoms with Gasteiger partial charge in [0.05, 0.1) is 0 Å². The number of aliphatic carboxylic acids is 1. The normalized spacial score (nSPS) is 12.6. The van der Waals surface area contributed by atoms with Crippen LogP contribution in [-0.4, -0.2) is 35.5 Å². The summed E-state index contributed by atoms with van der Waals surface area (Å²) in [5.41, 5.74) is -0.406. The van der Waals surface area contributed by atoms with Gasteiger partial charge in [-0.25, -0.2) is 9.18 Å². The van der Waals surface area contributed by atoms with Gasteiger partial charge in [-0.3, -0.25) is 9.69 Å². The van der Waals surface area contributed by atoms with Crippen LogP contribution in [-0.2, 0) is 14.4 Å². The van der Waals surface area contributed by atoms with Gasteiger partial charge >= 0.3 is 18.1 Å². The number of alkyl halides is 3. The van der Waals surface area contributed by atoms with Crippen molar-refractivity contribution in [2.45, 2.75) is 45.3 Å². The molecule has 1 aromatic carbocycles. The summed E-state index contributed by atoms with van der Waals surface area (Å²) in [6, 6.07) is 0.141. The molecule has 0 heterocycles. The Bertz CT molecular complexity index is 650. The Labute approximate surface area is 141 Å². The van der Waals surface area contributed by atoms with E-state index in [0.717, 1.165) is 12.1 Å². The Morgan fingerprint density at radius 1 is 1.24 bits per heavy atom. The molecule has 1 amide bonds. The quantitative estimate of drug-likeness (QED) is 0.459. The van der Waals surface area contributed by atoms with Crippen LogP contribution in [0.25, 0.3) is 0 Å². The number of amides is 1. The van der Waals surface area contributed by atoms with Crippen LogP contribution in [0, 0.1) is 19.7 Å². The summed E-state index contributed by atoms with van der Waals surface area (Å²) in [4.78, 5) is 33.7. The SMILES string of the molecule is Cc1cc(N(C(=O)C(F)(F)F)C(CCCC=O)C(=O)O)cc(C)c1F. The fourth-order valence-electron chi connectivity index (χ4n) is 2.39. The van der Waals surface area contributed by atoms with Crippen molar-refractivity contribution in [3.05, 3.63) is 29.1 Å². The minimum absolute atomic E-state index is 0.0126. The molecule has 1 atom stereocenters. The third-order valence-corrected chi connectivity index (χ3v) is 3.56. The molecule has 0 bridgehead atoms. The average Bonchev–Trinajstić information content (AvgIpc) is 2.50. The molecule has 0 aliphatic rings. The molecule has 0 saturated heterocycles. The lowest BCUT2D eigenvalue weighted by Gasteiger charge is -2.30. The lowest BCUT2D eigenvalue weighted by Crippen LogP contribution is -2.51. The largest absolute Gasteiger partial charge is 0.480 e. The highest BCUT2D eigenvalue weighted by Crippen LogP contribution is 2.30. The van der Waals surface area contributed by atoms with E-state index in [9.17, 15) is 37.1 Å².